The van der Waals surface area contributed by atoms with Crippen LogP contribution in [0.2, 0.25) is 0 Å². The third-order valence-corrected chi connectivity index (χ3v) is 18.3. The molecule has 0 saturated carbocycles. The maximum Gasteiger partial charge on any atom is 0.299 e. The number of aromatic amines is 5. The highest BCUT2D eigenvalue weighted by molar-refractivity contribution is 6.12. The summed E-state index contributed by atoms with van der Waals surface area (Å²) in [5, 5.41) is 102. The maximum atomic E-state index is 13.0. The van der Waals surface area contributed by atoms with Crippen LogP contribution in [-0.2, 0) is 43.3 Å². The lowest BCUT2D eigenvalue weighted by Crippen LogP contribution is -2.20. The molecule has 522 valence electrons. The smallest absolute Gasteiger partial charge is 0.299 e. The number of nitrogens with one attached hydrogen (secondary N) is 5. The molecule has 1 amide bonds. The lowest BCUT2D eigenvalue weighted by Gasteiger charge is -2.21. The van der Waals surface area contributed by atoms with Crippen LogP contribution >= 0.6 is 12.4 Å². The number of nitrogens with zero attached hydrogens (tertiary/aromatic N) is 17. The maximum absolute atomic E-state index is 13.0. The van der Waals surface area contributed by atoms with Crippen LogP contribution in [0.1, 0.15) is 58.1 Å². The first-order chi connectivity index (χ1) is 50.7. The number of halogens is 1. The zero-order valence-electron chi connectivity index (χ0n) is 56.4. The molecule has 0 saturated heterocycles. The summed E-state index contributed by atoms with van der Waals surface area (Å²) in [6.07, 6.45) is 6.97. The molecule has 0 bridgehead atoms. The number of amides is 1. The Hall–Kier alpha value is -14.0. The summed E-state index contributed by atoms with van der Waals surface area (Å²) in [7, 11) is 0. The van der Waals surface area contributed by atoms with Crippen LogP contribution in [-0.4, -0.2) is 108 Å². The number of aromatic nitrogens is 16. The van der Waals surface area contributed by atoms with Gasteiger partial charge in [0.2, 0.25) is 17.5 Å². The Kier molecular flexibility index (Phi) is 19.0. The molecule has 30 heteroatoms. The van der Waals surface area contributed by atoms with Crippen LogP contribution in [0.4, 0.5) is 34.1 Å². The average molecular weight is 1420 g/mol. The molecule has 10 N–H and O–H groups in total. The number of benzene rings is 9. The monoisotopic (exact) mass is 1420 g/mol. The first-order valence-corrected chi connectivity index (χ1v) is 33.1. The van der Waals surface area contributed by atoms with Crippen LogP contribution < -0.4 is 21.9 Å². The standard InChI is InChI=1S/2C25H20N8O2.C13H11N5O.C12H12N2O.ClH/c2*1-14-22(25(35)33(30-14)19-11-10-15-8-9-16(15)13-19)27-26-21-7-3-6-20(23(21)34)17-4-2-5-18(12-17)24-28-31-32-29-24;14-11-6-2-5-10(12(11)19)8-3-1-4-9(7-8)13-15-17-18-16-13;1-8-6-12(15)14(13-8)11-5-4-9-2-3-10(9)7-11;/h2*2-7,10-13,30,34H,8-9H2,1H3,(H,28,29,31,32);1-7,19H,14H2,(H,15,16,17,18);4-5,7H,2-3,6H2,1H3;1H. The molecule has 5 aromatic heterocycles. The van der Waals surface area contributed by atoms with E-state index in [0.29, 0.717) is 57.7 Å². The number of azo groups is 2. The Labute approximate surface area is 602 Å². The molecule has 3 aliphatic carbocycles. The van der Waals surface area contributed by atoms with Crippen LogP contribution in [0.15, 0.2) is 217 Å². The number of H-pyrrole nitrogens is 5. The summed E-state index contributed by atoms with van der Waals surface area (Å²) < 4.78 is 2.95. The van der Waals surface area contributed by atoms with Crippen LogP contribution in [0, 0.1) is 13.8 Å². The number of nitrogens with two attached hydrogens (primary N) is 1. The topological polar surface area (TPSA) is 408 Å². The first-order valence-electron chi connectivity index (χ1n) is 33.1. The molecule has 0 atom stereocenters. The van der Waals surface area contributed by atoms with E-state index in [0.717, 1.165) is 88.3 Å². The van der Waals surface area contributed by atoms with E-state index in [1.807, 2.05) is 110 Å². The highest BCUT2D eigenvalue weighted by Crippen LogP contribution is 2.42. The van der Waals surface area contributed by atoms with Crippen molar-refractivity contribution in [2.45, 2.75) is 65.7 Å². The third kappa shape index (κ3) is 14.0. The fourth-order valence-corrected chi connectivity index (χ4v) is 12.4. The second-order valence-electron chi connectivity index (χ2n) is 25.0. The Bertz CT molecular complexity index is 5570. The number of phenols is 3. The second-order valence-corrected chi connectivity index (χ2v) is 25.0. The van der Waals surface area contributed by atoms with Gasteiger partial charge in [-0.1, -0.05) is 109 Å². The van der Waals surface area contributed by atoms with Gasteiger partial charge in [0, 0.05) is 39.1 Å². The first kappa shape index (κ1) is 68.2. The van der Waals surface area contributed by atoms with E-state index in [-0.39, 0.29) is 69.4 Å². The fraction of sp³-hybridized carbons (Fsp3) is 0.133. The van der Waals surface area contributed by atoms with E-state index in [9.17, 15) is 29.7 Å². The molecule has 0 fully saturated rings. The molecule has 4 aliphatic rings. The minimum Gasteiger partial charge on any atom is -0.505 e. The van der Waals surface area contributed by atoms with Crippen molar-refractivity contribution in [1.29, 1.82) is 0 Å². The predicted octanol–water partition coefficient (Wildman–Crippen LogP) is 13.2. The number of fused-ring (bicyclic) bond motifs is 3. The molecule has 6 heterocycles. The van der Waals surface area contributed by atoms with E-state index >= 15 is 0 Å². The zero-order chi connectivity index (χ0) is 71.5. The number of phenolic OH excluding ortho intramolecular Hbond substituents is 3. The third-order valence-electron chi connectivity index (χ3n) is 18.3. The molecular weight excluding hydrogens is 1350 g/mol. The molecule has 18 rings (SSSR count). The summed E-state index contributed by atoms with van der Waals surface area (Å²) in [4.78, 5) is 37.7. The van der Waals surface area contributed by atoms with Crippen molar-refractivity contribution >= 4 is 58.2 Å². The molecule has 105 heavy (non-hydrogen) atoms. The SMILES string of the molecule is CC1=NN(c2ccc3c(c2)CC3)C(=O)C1.Cc1[nH]n(-c2ccc3c(c2)CC3)c(=O)c1N=Nc1cccc(-c2cccc(-c3nn[nH]n3)c2)c1O.Cc1[nH]n(-c2ccc3c(c2)CC3)c(=O)c1N=Nc1cccc(-c2cccc(-c3nn[nH]n3)c2)c1O.Cl.Nc1cccc(-c2cccc(-c3nn[nH]n3)c2)c1O. The van der Waals surface area contributed by atoms with Gasteiger partial charge in [-0.3, -0.25) is 24.6 Å². The van der Waals surface area contributed by atoms with E-state index < -0.39 is 0 Å². The number of para-hydroxylation sites is 3. The van der Waals surface area contributed by atoms with Gasteiger partial charge in [0.15, 0.2) is 22.9 Å². The fourth-order valence-electron chi connectivity index (χ4n) is 12.4. The summed E-state index contributed by atoms with van der Waals surface area (Å²) in [6.45, 7) is 5.43. The van der Waals surface area contributed by atoms with Crippen molar-refractivity contribution in [3.63, 3.8) is 0 Å². The van der Waals surface area contributed by atoms with Gasteiger partial charge in [-0.2, -0.15) is 20.7 Å². The molecule has 1 aliphatic heterocycles. The van der Waals surface area contributed by atoms with Gasteiger partial charge in [-0.15, -0.1) is 63.5 Å². The van der Waals surface area contributed by atoms with Crippen molar-refractivity contribution in [2.75, 3.05) is 10.7 Å². The van der Waals surface area contributed by atoms with Crippen molar-refractivity contribution in [2.24, 2.45) is 25.6 Å². The number of rotatable bonds is 13. The number of hydrogen-bond acceptors (Lipinski definition) is 21. The summed E-state index contributed by atoms with van der Waals surface area (Å²) in [5.41, 5.74) is 25.3. The number of carbonyl (C=O) groups excluding carboxylic acids is 1. The van der Waals surface area contributed by atoms with Crippen LogP contribution in [0.25, 0.3) is 78.9 Å². The second kappa shape index (κ2) is 29.3. The Morgan fingerprint density at radius 1 is 0.410 bits per heavy atom. The Morgan fingerprint density at radius 3 is 1.13 bits per heavy atom. The molecule has 0 spiro atoms. The van der Waals surface area contributed by atoms with Gasteiger partial charge >= 0.3 is 0 Å². The predicted molar refractivity (Wildman–Crippen MR) is 396 cm³/mol. The highest BCUT2D eigenvalue weighted by atomic mass is 35.5. The van der Waals surface area contributed by atoms with Gasteiger partial charge in [0.1, 0.15) is 17.1 Å². The van der Waals surface area contributed by atoms with Crippen LogP contribution in [0.5, 0.6) is 17.2 Å². The molecule has 14 aromatic rings. The number of hydrazone groups is 1. The number of anilines is 2. The number of hydrogen-bond donors (Lipinski definition) is 9. The van der Waals surface area contributed by atoms with E-state index in [4.69, 9.17) is 5.73 Å². The number of carbonyl (C=O) groups is 1. The van der Waals surface area contributed by atoms with E-state index in [1.165, 1.54) is 54.2 Å². The van der Waals surface area contributed by atoms with Crippen LogP contribution in [0.3, 0.4) is 0 Å². The lowest BCUT2D eigenvalue weighted by molar-refractivity contribution is -0.116. The number of tetrazole rings is 3. The largest absolute Gasteiger partial charge is 0.505 e. The van der Waals surface area contributed by atoms with Crippen molar-refractivity contribution in [3.8, 4) is 96.2 Å². The van der Waals surface area contributed by atoms with Gasteiger partial charge in [-0.25, -0.2) is 14.4 Å². The van der Waals surface area contributed by atoms with Gasteiger partial charge < -0.3 is 21.1 Å². The summed E-state index contributed by atoms with van der Waals surface area (Å²) >= 11 is 0. The molecule has 9 aromatic carbocycles. The van der Waals surface area contributed by atoms with Crippen molar-refractivity contribution in [3.05, 3.63) is 247 Å². The van der Waals surface area contributed by atoms with E-state index in [2.05, 4.69) is 122 Å². The van der Waals surface area contributed by atoms with Gasteiger partial charge in [0.25, 0.3) is 17.0 Å². The van der Waals surface area contributed by atoms with E-state index in [1.54, 1.807) is 68.4 Å². The van der Waals surface area contributed by atoms with Crippen molar-refractivity contribution < 1.29 is 20.1 Å². The minimum atomic E-state index is -0.297. The molecular formula is C75H64ClN23O6. The summed E-state index contributed by atoms with van der Waals surface area (Å²) in [5.74, 6) is 1.47. The van der Waals surface area contributed by atoms with Crippen molar-refractivity contribution in [1.82, 2.24) is 81.4 Å². The minimum absolute atomic E-state index is 0. The van der Waals surface area contributed by atoms with Gasteiger partial charge in [0.05, 0.1) is 40.6 Å². The lowest BCUT2D eigenvalue weighted by atomic mass is 9.88. The quantitative estimate of drug-likeness (QED) is 0.0294. The molecule has 0 unspecified atom stereocenters. The molecule has 29 nitrogen and oxygen atoms in total. The summed E-state index contributed by atoms with van der Waals surface area (Å²) in [6, 6.07) is 56.1. The zero-order valence-corrected chi connectivity index (χ0v) is 57.2. The average Bonchev–Trinajstić information content (AvgIpc) is 1.70. The number of nitrogen functional groups attached to an aromatic ring is 1. The molecule has 0 radical (unpaired) electrons. The number of aryl methyl sites for hydroxylation is 8. The Balaban J connectivity index is 0.000000124. The highest BCUT2D eigenvalue weighted by Gasteiger charge is 2.26. The normalized spacial score (nSPS) is 13.0. The Morgan fingerprint density at radius 2 is 0.771 bits per heavy atom. The number of aromatic hydroxyl groups is 3. The van der Waals surface area contributed by atoms with Gasteiger partial charge in [-0.05, 0) is 198 Å².